The molecule has 0 aliphatic heterocycles. The number of carbonyl (C=O) groups is 2. The monoisotopic (exact) mass is 368 g/mol. The number of hydrogen-bond donors (Lipinski definition) is 2. The molecule has 0 atom stereocenters. The Labute approximate surface area is 148 Å². The molecule has 0 heterocycles. The number of benzene rings is 2. The number of halogens is 2. The Morgan fingerprint density at radius 3 is 1.88 bits per heavy atom. The number of amides is 2. The van der Waals surface area contributed by atoms with Crippen molar-refractivity contribution in [2.45, 2.75) is 0 Å². The first-order valence-electron chi connectivity index (χ1n) is 6.74. The van der Waals surface area contributed by atoms with Crippen LogP contribution < -0.4 is 20.3 Å². The summed E-state index contributed by atoms with van der Waals surface area (Å²) in [6, 6.07) is 9.30. The van der Waals surface area contributed by atoms with Crippen LogP contribution in [0.15, 0.2) is 36.4 Å². The van der Waals surface area contributed by atoms with Gasteiger partial charge in [0, 0.05) is 11.6 Å². The number of hydrogen-bond acceptors (Lipinski definition) is 4. The molecule has 8 heteroatoms. The second-order valence-electron chi connectivity index (χ2n) is 4.61. The lowest BCUT2D eigenvalue weighted by atomic mass is 10.2. The Morgan fingerprint density at radius 2 is 1.38 bits per heavy atom. The van der Waals surface area contributed by atoms with Crippen LogP contribution in [0.2, 0.25) is 10.0 Å². The molecule has 0 fully saturated rings. The third-order valence-corrected chi connectivity index (χ3v) is 3.72. The molecule has 0 saturated heterocycles. The molecule has 0 bridgehead atoms. The topological polar surface area (TPSA) is 76.7 Å². The molecule has 0 aliphatic rings. The lowest BCUT2D eigenvalue weighted by molar-refractivity contribution is 0.0846. The van der Waals surface area contributed by atoms with Crippen LogP contribution in [0.5, 0.6) is 11.5 Å². The summed E-state index contributed by atoms with van der Waals surface area (Å²) < 4.78 is 10.2. The Bertz CT molecular complexity index is 738. The van der Waals surface area contributed by atoms with E-state index in [2.05, 4.69) is 10.9 Å². The molecule has 2 rings (SSSR count). The van der Waals surface area contributed by atoms with Crippen molar-refractivity contribution < 1.29 is 19.1 Å². The van der Waals surface area contributed by atoms with Gasteiger partial charge in [0.05, 0.1) is 29.8 Å². The fraction of sp³-hybridized carbons (Fsp3) is 0.125. The van der Waals surface area contributed by atoms with Crippen molar-refractivity contribution in [3.8, 4) is 11.5 Å². The van der Waals surface area contributed by atoms with Gasteiger partial charge in [0.15, 0.2) is 0 Å². The quantitative estimate of drug-likeness (QED) is 0.813. The van der Waals surface area contributed by atoms with E-state index in [1.165, 1.54) is 38.5 Å². The number of hydrazine groups is 1. The van der Waals surface area contributed by atoms with Gasteiger partial charge < -0.3 is 9.47 Å². The third kappa shape index (κ3) is 4.10. The Kier molecular flexibility index (Phi) is 5.89. The van der Waals surface area contributed by atoms with E-state index in [0.29, 0.717) is 11.5 Å². The van der Waals surface area contributed by atoms with Gasteiger partial charge in [-0.3, -0.25) is 20.4 Å². The van der Waals surface area contributed by atoms with Gasteiger partial charge in [-0.2, -0.15) is 0 Å². The van der Waals surface area contributed by atoms with Gasteiger partial charge in [-0.25, -0.2) is 0 Å². The first-order chi connectivity index (χ1) is 11.5. The average molecular weight is 369 g/mol. The summed E-state index contributed by atoms with van der Waals surface area (Å²) in [5.74, 6) is -0.294. The van der Waals surface area contributed by atoms with E-state index in [1.807, 2.05) is 0 Å². The predicted molar refractivity (Wildman–Crippen MR) is 90.9 cm³/mol. The van der Waals surface area contributed by atoms with Crippen molar-refractivity contribution in [3.05, 3.63) is 57.6 Å². The summed E-state index contributed by atoms with van der Waals surface area (Å²) in [5.41, 5.74) is 4.87. The maximum absolute atomic E-state index is 12.2. The molecule has 24 heavy (non-hydrogen) atoms. The van der Waals surface area contributed by atoms with E-state index in [4.69, 9.17) is 32.7 Å². The van der Waals surface area contributed by atoms with Gasteiger partial charge in [-0.15, -0.1) is 0 Å². The van der Waals surface area contributed by atoms with Crippen LogP contribution in [0.3, 0.4) is 0 Å². The standard InChI is InChI=1S/C16H14Cl2N2O4/c1-23-10-6-9(7-11(8-10)24-2)15(21)19-20-16(22)14-12(17)4-3-5-13(14)18/h3-8H,1-2H3,(H,19,21)(H,20,22). The molecule has 0 aromatic heterocycles. The highest BCUT2D eigenvalue weighted by Gasteiger charge is 2.16. The molecule has 6 nitrogen and oxygen atoms in total. The number of methoxy groups -OCH3 is 2. The molecule has 0 saturated carbocycles. The van der Waals surface area contributed by atoms with Crippen LogP contribution in [0.1, 0.15) is 20.7 Å². The van der Waals surface area contributed by atoms with E-state index in [-0.39, 0.29) is 21.2 Å². The van der Waals surface area contributed by atoms with Crippen LogP contribution in [0, 0.1) is 0 Å². The zero-order chi connectivity index (χ0) is 17.7. The molecule has 2 amide bonds. The Hall–Kier alpha value is -2.44. The maximum atomic E-state index is 12.2. The molecule has 0 aliphatic carbocycles. The predicted octanol–water partition coefficient (Wildman–Crippen LogP) is 3.09. The zero-order valence-electron chi connectivity index (χ0n) is 12.9. The first kappa shape index (κ1) is 17.9. The largest absolute Gasteiger partial charge is 0.497 e. The van der Waals surface area contributed by atoms with Crippen molar-refractivity contribution in [3.63, 3.8) is 0 Å². The van der Waals surface area contributed by atoms with E-state index >= 15 is 0 Å². The fourth-order valence-corrected chi connectivity index (χ4v) is 2.47. The molecular formula is C16H14Cl2N2O4. The minimum absolute atomic E-state index is 0.0735. The zero-order valence-corrected chi connectivity index (χ0v) is 14.4. The maximum Gasteiger partial charge on any atom is 0.272 e. The van der Waals surface area contributed by atoms with Crippen LogP contribution in [-0.4, -0.2) is 26.0 Å². The van der Waals surface area contributed by atoms with Gasteiger partial charge in [-0.1, -0.05) is 29.3 Å². The van der Waals surface area contributed by atoms with Crippen LogP contribution in [0.4, 0.5) is 0 Å². The van der Waals surface area contributed by atoms with E-state index in [9.17, 15) is 9.59 Å². The molecule has 0 unspecified atom stereocenters. The third-order valence-electron chi connectivity index (χ3n) is 3.09. The van der Waals surface area contributed by atoms with Gasteiger partial charge in [-0.05, 0) is 24.3 Å². The summed E-state index contributed by atoms with van der Waals surface area (Å²) in [4.78, 5) is 24.3. The highest BCUT2D eigenvalue weighted by molar-refractivity contribution is 6.39. The Morgan fingerprint density at radius 1 is 0.875 bits per heavy atom. The van der Waals surface area contributed by atoms with Crippen molar-refractivity contribution in [2.75, 3.05) is 14.2 Å². The molecule has 2 N–H and O–H groups in total. The van der Waals surface area contributed by atoms with Crippen molar-refractivity contribution in [1.29, 1.82) is 0 Å². The van der Waals surface area contributed by atoms with Crippen molar-refractivity contribution in [1.82, 2.24) is 10.9 Å². The van der Waals surface area contributed by atoms with E-state index in [0.717, 1.165) is 0 Å². The minimum Gasteiger partial charge on any atom is -0.497 e. The summed E-state index contributed by atoms with van der Waals surface area (Å²) in [5, 5.41) is 0.356. The van der Waals surface area contributed by atoms with E-state index in [1.54, 1.807) is 12.1 Å². The normalized spacial score (nSPS) is 10.0. The Balaban J connectivity index is 2.12. The van der Waals surface area contributed by atoms with Crippen LogP contribution in [0.25, 0.3) is 0 Å². The van der Waals surface area contributed by atoms with Crippen molar-refractivity contribution in [2.24, 2.45) is 0 Å². The number of carbonyl (C=O) groups excluding carboxylic acids is 2. The van der Waals surface area contributed by atoms with E-state index < -0.39 is 11.8 Å². The highest BCUT2D eigenvalue weighted by Crippen LogP contribution is 2.24. The fourth-order valence-electron chi connectivity index (χ4n) is 1.90. The van der Waals surface area contributed by atoms with Crippen LogP contribution in [-0.2, 0) is 0 Å². The SMILES string of the molecule is COc1cc(OC)cc(C(=O)NNC(=O)c2c(Cl)cccc2Cl)c1. The van der Waals surface area contributed by atoms with Crippen LogP contribution >= 0.6 is 23.2 Å². The number of nitrogens with one attached hydrogen (secondary N) is 2. The summed E-state index contributed by atoms with van der Waals surface area (Å²) in [7, 11) is 2.94. The van der Waals surface area contributed by atoms with Gasteiger partial charge >= 0.3 is 0 Å². The number of ether oxygens (including phenoxy) is 2. The molecular weight excluding hydrogens is 355 g/mol. The lowest BCUT2D eigenvalue weighted by Crippen LogP contribution is -2.41. The summed E-state index contributed by atoms with van der Waals surface area (Å²) in [6.45, 7) is 0. The molecule has 126 valence electrons. The summed E-state index contributed by atoms with van der Waals surface area (Å²) >= 11 is 11.9. The average Bonchev–Trinajstić information content (AvgIpc) is 2.58. The van der Waals surface area contributed by atoms with Gasteiger partial charge in [0.25, 0.3) is 11.8 Å². The molecule has 2 aromatic carbocycles. The highest BCUT2D eigenvalue weighted by atomic mass is 35.5. The second-order valence-corrected chi connectivity index (χ2v) is 5.42. The lowest BCUT2D eigenvalue weighted by Gasteiger charge is -2.11. The molecule has 2 aromatic rings. The minimum atomic E-state index is -0.631. The molecule has 0 radical (unpaired) electrons. The van der Waals surface area contributed by atoms with Gasteiger partial charge in [0.2, 0.25) is 0 Å². The number of rotatable bonds is 4. The molecule has 0 spiro atoms. The van der Waals surface area contributed by atoms with Gasteiger partial charge in [0.1, 0.15) is 11.5 Å². The van der Waals surface area contributed by atoms with Crippen molar-refractivity contribution >= 4 is 35.0 Å². The smallest absolute Gasteiger partial charge is 0.272 e. The first-order valence-corrected chi connectivity index (χ1v) is 7.49. The summed E-state index contributed by atoms with van der Waals surface area (Å²) in [6.07, 6.45) is 0. The second kappa shape index (κ2) is 7.90.